The van der Waals surface area contributed by atoms with Crippen molar-refractivity contribution in [2.75, 3.05) is 18.8 Å². The van der Waals surface area contributed by atoms with Crippen LogP contribution >= 0.6 is 0 Å². The van der Waals surface area contributed by atoms with Gasteiger partial charge in [-0.3, -0.25) is 0 Å². The number of rotatable bonds is 2. The largest absolute Gasteiger partial charge is 0.311 e. The molecule has 0 spiro atoms. The van der Waals surface area contributed by atoms with Crippen LogP contribution in [0.1, 0.15) is 34.6 Å². The van der Waals surface area contributed by atoms with Crippen LogP contribution in [0.5, 0.6) is 0 Å². The van der Waals surface area contributed by atoms with Gasteiger partial charge in [-0.25, -0.2) is 8.42 Å². The highest BCUT2D eigenvalue weighted by Gasteiger charge is 2.34. The van der Waals surface area contributed by atoms with Crippen molar-refractivity contribution in [1.82, 2.24) is 9.62 Å². The van der Waals surface area contributed by atoms with Crippen LogP contribution in [-0.4, -0.2) is 43.6 Å². The highest BCUT2D eigenvalue weighted by atomic mass is 32.2. The lowest BCUT2D eigenvalue weighted by Crippen LogP contribution is -2.57. The van der Waals surface area contributed by atoms with Gasteiger partial charge in [-0.05, 0) is 19.3 Å². The van der Waals surface area contributed by atoms with Crippen molar-refractivity contribution < 1.29 is 8.42 Å². The summed E-state index contributed by atoms with van der Waals surface area (Å²) in [6, 6.07) is 0.300. The molecule has 0 aliphatic carbocycles. The quantitative estimate of drug-likeness (QED) is 0.794. The van der Waals surface area contributed by atoms with E-state index in [2.05, 4.69) is 5.32 Å². The second-order valence-corrected chi connectivity index (χ2v) is 7.97. The van der Waals surface area contributed by atoms with Crippen LogP contribution in [0, 0.1) is 5.41 Å². The highest BCUT2D eigenvalue weighted by molar-refractivity contribution is 7.89. The van der Waals surface area contributed by atoms with Crippen LogP contribution in [0.25, 0.3) is 0 Å². The smallest absolute Gasteiger partial charge is 0.214 e. The van der Waals surface area contributed by atoms with E-state index < -0.39 is 10.0 Å². The molecule has 0 aromatic rings. The molecule has 1 fully saturated rings. The van der Waals surface area contributed by atoms with Crippen LogP contribution in [0.4, 0.5) is 0 Å². The molecule has 4 nitrogen and oxygen atoms in total. The zero-order valence-corrected chi connectivity index (χ0v) is 11.8. The number of nitrogens with zero attached hydrogens (tertiary/aromatic N) is 1. The maximum Gasteiger partial charge on any atom is 0.214 e. The first-order chi connectivity index (χ1) is 7.12. The minimum atomic E-state index is -3.13. The van der Waals surface area contributed by atoms with Crippen molar-refractivity contribution in [3.8, 4) is 0 Å². The van der Waals surface area contributed by atoms with E-state index in [1.54, 1.807) is 4.31 Å². The standard InChI is InChI=1S/C11H24N2O2S/c1-9-7-13(10(2)6-12-9)16(14,15)8-11(3,4)5/h9-10,12H,6-8H2,1-5H3. The average Bonchev–Trinajstić information content (AvgIpc) is 2.04. The molecule has 1 rings (SSSR count). The average molecular weight is 248 g/mol. The summed E-state index contributed by atoms with van der Waals surface area (Å²) < 4.78 is 26.2. The van der Waals surface area contributed by atoms with Crippen LogP contribution in [0.15, 0.2) is 0 Å². The topological polar surface area (TPSA) is 49.4 Å². The summed E-state index contributed by atoms with van der Waals surface area (Å²) in [4.78, 5) is 0. The van der Waals surface area contributed by atoms with Crippen LogP contribution < -0.4 is 5.32 Å². The lowest BCUT2D eigenvalue weighted by atomic mass is 10.0. The van der Waals surface area contributed by atoms with Crippen molar-refractivity contribution in [3.05, 3.63) is 0 Å². The molecule has 0 amide bonds. The fourth-order valence-corrected chi connectivity index (χ4v) is 4.34. The van der Waals surface area contributed by atoms with Crippen LogP contribution in [0.2, 0.25) is 0 Å². The van der Waals surface area contributed by atoms with Crippen molar-refractivity contribution in [2.24, 2.45) is 5.41 Å². The van der Waals surface area contributed by atoms with E-state index in [1.807, 2.05) is 34.6 Å². The van der Waals surface area contributed by atoms with E-state index in [9.17, 15) is 8.42 Å². The Labute approximate surface area is 99.5 Å². The molecule has 1 aliphatic rings. The Morgan fingerprint density at radius 3 is 2.38 bits per heavy atom. The van der Waals surface area contributed by atoms with E-state index in [4.69, 9.17) is 0 Å². The van der Waals surface area contributed by atoms with Gasteiger partial charge in [0.1, 0.15) is 0 Å². The van der Waals surface area contributed by atoms with Gasteiger partial charge in [0.2, 0.25) is 10.0 Å². The zero-order valence-electron chi connectivity index (χ0n) is 10.9. The first-order valence-electron chi connectivity index (χ1n) is 5.85. The molecule has 0 radical (unpaired) electrons. The third kappa shape index (κ3) is 3.71. The summed E-state index contributed by atoms with van der Waals surface area (Å²) in [6.45, 7) is 11.2. The fraction of sp³-hybridized carbons (Fsp3) is 1.00. The molecule has 1 aliphatic heterocycles. The minimum absolute atomic E-state index is 0.0588. The van der Waals surface area contributed by atoms with Gasteiger partial charge < -0.3 is 5.32 Å². The fourth-order valence-electron chi connectivity index (χ4n) is 2.01. The zero-order chi connectivity index (χ0) is 12.6. The molecule has 0 aromatic heterocycles. The molecule has 96 valence electrons. The van der Waals surface area contributed by atoms with Gasteiger partial charge in [0.05, 0.1) is 5.75 Å². The summed E-state index contributed by atoms with van der Waals surface area (Å²) >= 11 is 0. The summed E-state index contributed by atoms with van der Waals surface area (Å²) in [6.07, 6.45) is 0. The van der Waals surface area contributed by atoms with Crippen molar-refractivity contribution in [1.29, 1.82) is 0 Å². The molecule has 0 saturated carbocycles. The Hall–Kier alpha value is -0.130. The third-order valence-corrected chi connectivity index (χ3v) is 5.13. The second-order valence-electron chi connectivity index (χ2n) is 6.04. The van der Waals surface area contributed by atoms with Gasteiger partial charge >= 0.3 is 0 Å². The Balaban J connectivity index is 2.81. The number of nitrogens with one attached hydrogen (secondary N) is 1. The van der Waals surface area contributed by atoms with Gasteiger partial charge in [0, 0.05) is 25.2 Å². The number of piperazine rings is 1. The van der Waals surface area contributed by atoms with Crippen LogP contribution in [0.3, 0.4) is 0 Å². The number of hydrogen-bond acceptors (Lipinski definition) is 3. The summed E-state index contributed by atoms with van der Waals surface area (Å²) in [5, 5.41) is 3.29. The van der Waals surface area contributed by atoms with Crippen molar-refractivity contribution in [2.45, 2.75) is 46.7 Å². The van der Waals surface area contributed by atoms with E-state index in [0.717, 1.165) is 6.54 Å². The molecule has 2 unspecified atom stereocenters. The van der Waals surface area contributed by atoms with Gasteiger partial charge in [-0.2, -0.15) is 4.31 Å². The summed E-state index contributed by atoms with van der Waals surface area (Å²) in [5.74, 6) is 0.219. The van der Waals surface area contributed by atoms with Gasteiger partial charge in [0.25, 0.3) is 0 Å². The number of sulfonamides is 1. The second kappa shape index (κ2) is 4.63. The Morgan fingerprint density at radius 1 is 1.31 bits per heavy atom. The normalized spacial score (nSPS) is 29.3. The molecule has 1 N–H and O–H groups in total. The Kier molecular flexibility index (Phi) is 4.03. The molecular formula is C11H24N2O2S. The van der Waals surface area contributed by atoms with E-state index in [0.29, 0.717) is 6.54 Å². The molecule has 0 bridgehead atoms. The molecule has 2 atom stereocenters. The molecule has 5 heteroatoms. The van der Waals surface area contributed by atoms with E-state index >= 15 is 0 Å². The highest BCUT2D eigenvalue weighted by Crippen LogP contribution is 2.21. The van der Waals surface area contributed by atoms with Crippen LogP contribution in [-0.2, 0) is 10.0 Å². The first-order valence-corrected chi connectivity index (χ1v) is 7.46. The van der Waals surface area contributed by atoms with E-state index in [-0.39, 0.29) is 23.3 Å². The van der Waals surface area contributed by atoms with Gasteiger partial charge in [-0.15, -0.1) is 0 Å². The summed E-state index contributed by atoms with van der Waals surface area (Å²) in [5.41, 5.74) is -0.188. The maximum absolute atomic E-state index is 12.3. The SMILES string of the molecule is CC1CN(S(=O)(=O)CC(C)(C)C)C(C)CN1. The lowest BCUT2D eigenvalue weighted by Gasteiger charge is -2.37. The van der Waals surface area contributed by atoms with E-state index in [1.165, 1.54) is 0 Å². The number of hydrogen-bond donors (Lipinski definition) is 1. The predicted molar refractivity (Wildman–Crippen MR) is 66.9 cm³/mol. The molecular weight excluding hydrogens is 224 g/mol. The lowest BCUT2D eigenvalue weighted by molar-refractivity contribution is 0.241. The minimum Gasteiger partial charge on any atom is -0.311 e. The van der Waals surface area contributed by atoms with Crippen molar-refractivity contribution >= 4 is 10.0 Å². The first kappa shape index (κ1) is 13.9. The third-order valence-electron chi connectivity index (χ3n) is 2.68. The predicted octanol–water partition coefficient (Wildman–Crippen LogP) is 1.04. The molecule has 1 heterocycles. The van der Waals surface area contributed by atoms with Gasteiger partial charge in [-0.1, -0.05) is 20.8 Å². The maximum atomic E-state index is 12.3. The Morgan fingerprint density at radius 2 is 1.88 bits per heavy atom. The molecule has 16 heavy (non-hydrogen) atoms. The molecule has 1 saturated heterocycles. The summed E-state index contributed by atoms with van der Waals surface area (Å²) in [7, 11) is -3.13. The molecule has 0 aromatic carbocycles. The Bertz CT molecular complexity index is 332. The van der Waals surface area contributed by atoms with Gasteiger partial charge in [0.15, 0.2) is 0 Å². The van der Waals surface area contributed by atoms with Crippen molar-refractivity contribution in [3.63, 3.8) is 0 Å². The monoisotopic (exact) mass is 248 g/mol.